The number of thiophene rings is 2. The van der Waals surface area contributed by atoms with E-state index in [4.69, 9.17) is 0 Å². The van der Waals surface area contributed by atoms with Crippen LogP contribution in [0.2, 0.25) is 0 Å². The van der Waals surface area contributed by atoms with Gasteiger partial charge in [0.15, 0.2) is 0 Å². The maximum Gasteiger partial charge on any atom is 0.261 e. The quantitative estimate of drug-likeness (QED) is 0.0619. The van der Waals surface area contributed by atoms with Crippen LogP contribution in [0.5, 0.6) is 0 Å². The van der Waals surface area contributed by atoms with E-state index >= 15 is 9.59 Å². The van der Waals surface area contributed by atoms with E-state index in [1.807, 2.05) is 0 Å². The Hall–Kier alpha value is -1.22. The van der Waals surface area contributed by atoms with Crippen LogP contribution in [0.1, 0.15) is 397 Å². The summed E-state index contributed by atoms with van der Waals surface area (Å²) < 4.78 is 2.09. The SMILES string of the molecule is CCCCCCCCCCCCCCCCC(CCCCCCCCCCCCCC)CN1C(=O)C2=C(c3ccc(Br)s3)N(CC(CCCCCCCCCCCCCC)CCCCCCCCCCCCCCCC)C(=O)C2=C1c1ccc(Br)s1. The average Bonchev–Trinajstić information content (AvgIpc) is 1.73. The molecule has 2 aliphatic rings. The Morgan fingerprint density at radius 3 is 0.651 bits per heavy atom. The molecule has 0 spiro atoms. The lowest BCUT2D eigenvalue weighted by Crippen LogP contribution is -2.34. The van der Waals surface area contributed by atoms with E-state index in [2.05, 4.69) is 93.6 Å². The van der Waals surface area contributed by atoms with E-state index in [1.54, 1.807) is 22.7 Å². The molecule has 86 heavy (non-hydrogen) atoms. The number of nitrogens with zero attached hydrogens (tertiary/aromatic N) is 2. The Labute approximate surface area is 558 Å². The fourth-order valence-electron chi connectivity index (χ4n) is 14.1. The zero-order valence-corrected chi connectivity index (χ0v) is 61.6. The van der Waals surface area contributed by atoms with Crippen LogP contribution in [0.15, 0.2) is 43.0 Å². The molecule has 2 aliphatic heterocycles. The standard InChI is InChI=1S/C78H134Br2N2O2S2/c1-5-9-13-17-21-25-29-33-35-39-43-47-51-55-59-67(57-53-49-45-41-37-31-27-23-19-15-11-7-3)65-81-75(69-61-63-71(79)85-69)73-74(77(81)83)76(70-62-64-72(80)86-70)82(78(73)84)66-68(58-54-50-46-42-38-32-28-24-20-16-12-8-4)60-56-52-48-44-40-36-34-30-26-22-18-14-10-6-2/h61-64,67-68H,5-60,65-66H2,1-4H3. The van der Waals surface area contributed by atoms with E-state index in [-0.39, 0.29) is 11.8 Å². The largest absolute Gasteiger partial charge is 0.306 e. The molecule has 0 fully saturated rings. The molecule has 0 saturated carbocycles. The third-order valence-corrected chi connectivity index (χ3v) is 22.8. The molecule has 2 amide bonds. The molecule has 494 valence electrons. The molecule has 0 N–H and O–H groups in total. The van der Waals surface area contributed by atoms with Crippen molar-refractivity contribution in [3.8, 4) is 0 Å². The second kappa shape index (κ2) is 52.3. The summed E-state index contributed by atoms with van der Waals surface area (Å²) in [5, 5.41) is 0. The van der Waals surface area contributed by atoms with Gasteiger partial charge in [-0.25, -0.2) is 0 Å². The zero-order valence-electron chi connectivity index (χ0n) is 56.8. The van der Waals surface area contributed by atoms with Crippen LogP contribution < -0.4 is 0 Å². The number of hydrogen-bond donors (Lipinski definition) is 0. The number of carbonyl (C=O) groups excluding carboxylic acids is 2. The molecular formula is C78H134Br2N2O2S2. The molecule has 2 unspecified atom stereocenters. The molecule has 0 aromatic carbocycles. The first-order valence-corrected chi connectivity index (χ1v) is 41.2. The molecule has 2 aromatic heterocycles. The van der Waals surface area contributed by atoms with Gasteiger partial charge in [0.05, 0.1) is 39.9 Å². The smallest absolute Gasteiger partial charge is 0.261 e. The van der Waals surface area contributed by atoms with Crippen LogP contribution in [0.25, 0.3) is 11.4 Å². The minimum absolute atomic E-state index is 0.0556. The monoisotopic (exact) mass is 1350 g/mol. The van der Waals surface area contributed by atoms with Crippen molar-refractivity contribution in [2.75, 3.05) is 13.1 Å². The van der Waals surface area contributed by atoms with Crippen LogP contribution in [-0.4, -0.2) is 34.7 Å². The van der Waals surface area contributed by atoms with Gasteiger partial charge < -0.3 is 9.80 Å². The van der Waals surface area contributed by atoms with Gasteiger partial charge >= 0.3 is 0 Å². The van der Waals surface area contributed by atoms with E-state index in [9.17, 15) is 0 Å². The number of hydrogen-bond acceptors (Lipinski definition) is 4. The molecule has 2 atom stereocenters. The summed E-state index contributed by atoms with van der Waals surface area (Å²) in [7, 11) is 0. The minimum atomic E-state index is 0.0556. The molecule has 8 heteroatoms. The van der Waals surface area contributed by atoms with Crippen LogP contribution in [0.3, 0.4) is 0 Å². The average molecular weight is 1360 g/mol. The van der Waals surface area contributed by atoms with Gasteiger partial charge in [0.2, 0.25) is 0 Å². The van der Waals surface area contributed by atoms with Crippen LogP contribution >= 0.6 is 54.5 Å². The first-order chi connectivity index (χ1) is 42.3. The second-order valence-corrected chi connectivity index (χ2v) is 32.3. The maximum atomic E-state index is 15.7. The van der Waals surface area contributed by atoms with E-state index in [0.717, 1.165) is 54.4 Å². The minimum Gasteiger partial charge on any atom is -0.306 e. The summed E-state index contributed by atoms with van der Waals surface area (Å²) in [6.45, 7) is 10.6. The van der Waals surface area contributed by atoms with Crippen LogP contribution in [0.4, 0.5) is 0 Å². The number of unbranched alkanes of at least 4 members (excludes halogenated alkanes) is 48. The number of rotatable bonds is 62. The summed E-state index contributed by atoms with van der Waals surface area (Å²) in [5.74, 6) is 0.932. The van der Waals surface area contributed by atoms with Crippen molar-refractivity contribution in [2.45, 2.75) is 387 Å². The Bertz CT molecular complexity index is 1890. The van der Waals surface area contributed by atoms with Crippen molar-refractivity contribution < 1.29 is 9.59 Å². The second-order valence-electron chi connectivity index (χ2n) is 27.3. The first kappa shape index (κ1) is 77.2. The highest BCUT2D eigenvalue weighted by molar-refractivity contribution is 9.11. The maximum absolute atomic E-state index is 15.7. The molecule has 0 bridgehead atoms. The summed E-state index contributed by atoms with van der Waals surface area (Å²) in [6, 6.07) is 8.56. The Morgan fingerprint density at radius 1 is 0.291 bits per heavy atom. The normalized spacial score (nSPS) is 14.3. The molecule has 4 nitrogen and oxygen atoms in total. The topological polar surface area (TPSA) is 40.6 Å². The van der Waals surface area contributed by atoms with Gasteiger partial charge in [-0.2, -0.15) is 0 Å². The van der Waals surface area contributed by atoms with Gasteiger partial charge in [-0.1, -0.05) is 362 Å². The molecule has 0 radical (unpaired) electrons. The van der Waals surface area contributed by atoms with Gasteiger partial charge in [-0.3, -0.25) is 9.59 Å². The zero-order chi connectivity index (χ0) is 61.3. The predicted octanol–water partition coefficient (Wildman–Crippen LogP) is 28.3. The van der Waals surface area contributed by atoms with Crippen molar-refractivity contribution in [1.82, 2.24) is 9.80 Å². The van der Waals surface area contributed by atoms with Gasteiger partial charge in [-0.15, -0.1) is 22.7 Å². The van der Waals surface area contributed by atoms with E-state index in [0.29, 0.717) is 36.1 Å². The summed E-state index contributed by atoms with van der Waals surface area (Å²) in [5.41, 5.74) is 3.10. The lowest BCUT2D eigenvalue weighted by atomic mass is 9.93. The Kier molecular flexibility index (Phi) is 47.0. The summed E-state index contributed by atoms with van der Waals surface area (Å²) in [6.07, 6.45) is 75.5. The molecular weight excluding hydrogens is 1220 g/mol. The molecule has 4 heterocycles. The molecule has 2 aromatic rings. The van der Waals surface area contributed by atoms with Crippen molar-refractivity contribution in [1.29, 1.82) is 0 Å². The van der Waals surface area contributed by atoms with E-state index in [1.165, 1.54) is 334 Å². The van der Waals surface area contributed by atoms with E-state index < -0.39 is 0 Å². The number of fused-ring (bicyclic) bond motifs is 1. The third-order valence-electron chi connectivity index (χ3n) is 19.5. The predicted molar refractivity (Wildman–Crippen MR) is 390 cm³/mol. The number of amides is 2. The van der Waals surface area contributed by atoms with Crippen molar-refractivity contribution in [2.24, 2.45) is 11.8 Å². The first-order valence-electron chi connectivity index (χ1n) is 38.0. The van der Waals surface area contributed by atoms with Crippen LogP contribution in [0, 0.1) is 11.8 Å². The van der Waals surface area contributed by atoms with Gasteiger partial charge in [0.25, 0.3) is 11.8 Å². The highest BCUT2D eigenvalue weighted by atomic mass is 79.9. The highest BCUT2D eigenvalue weighted by Gasteiger charge is 2.50. The number of carbonyl (C=O) groups is 2. The van der Waals surface area contributed by atoms with Gasteiger partial charge in [-0.05, 0) is 93.6 Å². The van der Waals surface area contributed by atoms with Gasteiger partial charge in [0.1, 0.15) is 0 Å². The summed E-state index contributed by atoms with van der Waals surface area (Å²) >= 11 is 11.0. The van der Waals surface area contributed by atoms with Crippen molar-refractivity contribution in [3.05, 3.63) is 52.7 Å². The molecule has 0 aliphatic carbocycles. The van der Waals surface area contributed by atoms with Gasteiger partial charge in [0, 0.05) is 13.1 Å². The van der Waals surface area contributed by atoms with Crippen LogP contribution in [-0.2, 0) is 9.59 Å². The molecule has 0 saturated heterocycles. The Balaban J connectivity index is 1.47. The number of halogens is 2. The fraction of sp³-hybridized carbons (Fsp3) is 0.821. The third kappa shape index (κ3) is 33.4. The molecule has 4 rings (SSSR count). The fourth-order valence-corrected chi connectivity index (χ4v) is 17.0. The highest BCUT2D eigenvalue weighted by Crippen LogP contribution is 2.50. The van der Waals surface area contributed by atoms with Crippen molar-refractivity contribution in [3.63, 3.8) is 0 Å². The lowest BCUT2D eigenvalue weighted by molar-refractivity contribution is -0.124. The lowest BCUT2D eigenvalue weighted by Gasteiger charge is -2.29. The Morgan fingerprint density at radius 2 is 0.477 bits per heavy atom. The summed E-state index contributed by atoms with van der Waals surface area (Å²) in [4.78, 5) is 37.7. The van der Waals surface area contributed by atoms with Crippen molar-refractivity contribution >= 4 is 77.7 Å².